The van der Waals surface area contributed by atoms with Crippen LogP contribution in [0.3, 0.4) is 0 Å². The Labute approximate surface area is 104 Å². The number of unbranched alkanes of at least 4 members (excludes halogenated alkanes) is 1. The zero-order valence-corrected chi connectivity index (χ0v) is 10.4. The topological polar surface area (TPSA) is 52.3 Å². The number of nitrogens with two attached hydrogens (primary N) is 1. The van der Waals surface area contributed by atoms with Crippen molar-refractivity contribution in [2.45, 2.75) is 19.8 Å². The highest BCUT2D eigenvalue weighted by molar-refractivity contribution is 6.44. The van der Waals surface area contributed by atoms with E-state index in [2.05, 4.69) is 0 Å². The van der Waals surface area contributed by atoms with Crippen molar-refractivity contribution in [1.29, 1.82) is 0 Å². The first-order valence-corrected chi connectivity index (χ1v) is 5.73. The third-order valence-electron chi connectivity index (χ3n) is 2.00. The summed E-state index contributed by atoms with van der Waals surface area (Å²) in [6.45, 7) is 2.39. The molecule has 0 amide bonds. The number of hydrogen-bond donors (Lipinski definition) is 1. The normalized spacial score (nSPS) is 10.2. The van der Waals surface area contributed by atoms with Crippen LogP contribution in [0, 0.1) is 0 Å². The number of nitrogen functional groups attached to an aromatic ring is 1. The summed E-state index contributed by atoms with van der Waals surface area (Å²) in [5, 5.41) is 0.432. The lowest BCUT2D eigenvalue weighted by Gasteiger charge is -2.07. The molecule has 0 aliphatic heterocycles. The number of benzene rings is 1. The van der Waals surface area contributed by atoms with Crippen molar-refractivity contribution < 1.29 is 9.53 Å². The Morgan fingerprint density at radius 1 is 1.44 bits per heavy atom. The summed E-state index contributed by atoms with van der Waals surface area (Å²) < 4.78 is 5.02. The highest BCUT2D eigenvalue weighted by Crippen LogP contribution is 2.29. The maximum Gasteiger partial charge on any atom is 0.339 e. The van der Waals surface area contributed by atoms with Gasteiger partial charge in [0, 0.05) is 5.69 Å². The van der Waals surface area contributed by atoms with Gasteiger partial charge in [0.05, 0.1) is 22.2 Å². The van der Waals surface area contributed by atoms with E-state index in [4.69, 9.17) is 33.7 Å². The second kappa shape index (κ2) is 5.97. The van der Waals surface area contributed by atoms with Crippen molar-refractivity contribution in [3.05, 3.63) is 27.7 Å². The molecular weight excluding hydrogens is 249 g/mol. The van der Waals surface area contributed by atoms with E-state index in [9.17, 15) is 4.79 Å². The van der Waals surface area contributed by atoms with Crippen molar-refractivity contribution in [3.63, 3.8) is 0 Å². The second-order valence-corrected chi connectivity index (χ2v) is 4.14. The van der Waals surface area contributed by atoms with Gasteiger partial charge in [0.25, 0.3) is 0 Å². The molecule has 1 aromatic rings. The number of ether oxygens (including phenoxy) is 1. The van der Waals surface area contributed by atoms with E-state index in [-0.39, 0.29) is 15.6 Å². The molecule has 0 radical (unpaired) electrons. The summed E-state index contributed by atoms with van der Waals surface area (Å²) >= 11 is 11.7. The minimum absolute atomic E-state index is 0.178. The molecule has 2 N–H and O–H groups in total. The zero-order valence-electron chi connectivity index (χ0n) is 8.93. The minimum atomic E-state index is -0.493. The Morgan fingerprint density at radius 2 is 2.12 bits per heavy atom. The fourth-order valence-corrected chi connectivity index (χ4v) is 1.56. The molecule has 0 aromatic heterocycles. The molecule has 0 fully saturated rings. The fraction of sp³-hybridized carbons (Fsp3) is 0.364. The first-order chi connectivity index (χ1) is 7.56. The van der Waals surface area contributed by atoms with E-state index in [0.29, 0.717) is 12.3 Å². The molecule has 0 bridgehead atoms. The lowest BCUT2D eigenvalue weighted by Crippen LogP contribution is -2.08. The van der Waals surface area contributed by atoms with Gasteiger partial charge in [-0.1, -0.05) is 36.5 Å². The molecule has 88 valence electrons. The molecule has 0 spiro atoms. The van der Waals surface area contributed by atoms with E-state index in [1.807, 2.05) is 6.92 Å². The van der Waals surface area contributed by atoms with E-state index in [0.717, 1.165) is 12.8 Å². The van der Waals surface area contributed by atoms with Gasteiger partial charge in [-0.05, 0) is 18.6 Å². The molecule has 0 atom stereocenters. The van der Waals surface area contributed by atoms with Crippen molar-refractivity contribution >= 4 is 34.9 Å². The highest BCUT2D eigenvalue weighted by Gasteiger charge is 2.15. The van der Waals surface area contributed by atoms with Crippen LogP contribution < -0.4 is 5.73 Å². The summed E-state index contributed by atoms with van der Waals surface area (Å²) in [5.74, 6) is -0.493. The highest BCUT2D eigenvalue weighted by atomic mass is 35.5. The van der Waals surface area contributed by atoms with Gasteiger partial charge in [0.2, 0.25) is 0 Å². The third-order valence-corrected chi connectivity index (χ3v) is 2.80. The number of hydrogen-bond acceptors (Lipinski definition) is 3. The lowest BCUT2D eigenvalue weighted by atomic mass is 10.2. The van der Waals surface area contributed by atoms with Crippen molar-refractivity contribution in [2.24, 2.45) is 0 Å². The van der Waals surface area contributed by atoms with Gasteiger partial charge in [0.1, 0.15) is 0 Å². The van der Waals surface area contributed by atoms with Crippen molar-refractivity contribution in [2.75, 3.05) is 12.3 Å². The van der Waals surface area contributed by atoms with E-state index in [1.165, 1.54) is 12.1 Å². The quantitative estimate of drug-likeness (QED) is 0.513. The molecular formula is C11H13Cl2NO2. The van der Waals surface area contributed by atoms with Gasteiger partial charge in [-0.2, -0.15) is 0 Å². The van der Waals surface area contributed by atoms with Crippen LogP contribution in [0.25, 0.3) is 0 Å². The summed E-state index contributed by atoms with van der Waals surface area (Å²) in [5.41, 5.74) is 6.17. The van der Waals surface area contributed by atoms with Gasteiger partial charge >= 0.3 is 5.97 Å². The summed E-state index contributed by atoms with van der Waals surface area (Å²) in [7, 11) is 0. The molecule has 0 unspecified atom stereocenters. The number of carbonyl (C=O) groups is 1. The zero-order chi connectivity index (χ0) is 12.1. The Bertz CT molecular complexity index is 394. The first-order valence-electron chi connectivity index (χ1n) is 4.98. The molecule has 16 heavy (non-hydrogen) atoms. The van der Waals surface area contributed by atoms with Crippen LogP contribution in [0.2, 0.25) is 10.0 Å². The van der Waals surface area contributed by atoms with Crippen molar-refractivity contribution in [3.8, 4) is 0 Å². The Morgan fingerprint density at radius 3 is 2.75 bits per heavy atom. The van der Waals surface area contributed by atoms with Crippen LogP contribution in [0.5, 0.6) is 0 Å². The van der Waals surface area contributed by atoms with E-state index in [1.54, 1.807) is 0 Å². The third kappa shape index (κ3) is 3.29. The van der Waals surface area contributed by atoms with Crippen LogP contribution in [-0.2, 0) is 4.74 Å². The van der Waals surface area contributed by atoms with Crippen LogP contribution in [-0.4, -0.2) is 12.6 Å². The van der Waals surface area contributed by atoms with Gasteiger partial charge in [-0.3, -0.25) is 0 Å². The lowest BCUT2D eigenvalue weighted by molar-refractivity contribution is 0.0500. The number of anilines is 1. The maximum absolute atomic E-state index is 11.6. The maximum atomic E-state index is 11.6. The van der Waals surface area contributed by atoms with Gasteiger partial charge < -0.3 is 10.5 Å². The molecule has 3 nitrogen and oxygen atoms in total. The molecule has 0 aliphatic carbocycles. The van der Waals surface area contributed by atoms with Crippen LogP contribution in [0.4, 0.5) is 5.69 Å². The molecule has 5 heteroatoms. The predicted molar refractivity (Wildman–Crippen MR) is 66.1 cm³/mol. The monoisotopic (exact) mass is 261 g/mol. The van der Waals surface area contributed by atoms with Crippen LogP contribution >= 0.6 is 23.2 Å². The van der Waals surface area contributed by atoms with E-state index < -0.39 is 5.97 Å². The van der Waals surface area contributed by atoms with Crippen LogP contribution in [0.15, 0.2) is 12.1 Å². The number of rotatable bonds is 4. The Balaban J connectivity index is 2.82. The first kappa shape index (κ1) is 13.1. The molecule has 0 heterocycles. The minimum Gasteiger partial charge on any atom is -0.462 e. The van der Waals surface area contributed by atoms with Gasteiger partial charge in [-0.15, -0.1) is 0 Å². The summed E-state index contributed by atoms with van der Waals surface area (Å²) in [6.07, 6.45) is 1.78. The second-order valence-electron chi connectivity index (χ2n) is 3.35. The van der Waals surface area contributed by atoms with E-state index >= 15 is 0 Å². The molecule has 0 saturated carbocycles. The number of esters is 1. The largest absolute Gasteiger partial charge is 0.462 e. The average Bonchev–Trinajstić information content (AvgIpc) is 2.23. The Hall–Kier alpha value is -0.930. The van der Waals surface area contributed by atoms with Gasteiger partial charge in [0.15, 0.2) is 0 Å². The van der Waals surface area contributed by atoms with Crippen LogP contribution in [0.1, 0.15) is 30.1 Å². The average molecular weight is 262 g/mol. The fourth-order valence-electron chi connectivity index (χ4n) is 1.15. The molecule has 0 aliphatic rings. The summed E-state index contributed by atoms with van der Waals surface area (Å²) in [6, 6.07) is 2.95. The SMILES string of the molecule is CCCCOC(=O)c1cc(N)cc(Cl)c1Cl. The Kier molecular flexibility index (Phi) is 4.90. The number of halogens is 2. The standard InChI is InChI=1S/C11H13Cl2NO2/c1-2-3-4-16-11(15)8-5-7(14)6-9(12)10(8)13/h5-6H,2-4,14H2,1H3. The molecule has 1 rings (SSSR count). The van der Waals surface area contributed by atoms with Gasteiger partial charge in [-0.25, -0.2) is 4.79 Å². The molecule has 1 aromatic carbocycles. The smallest absolute Gasteiger partial charge is 0.339 e. The molecule has 0 saturated heterocycles. The number of carbonyl (C=O) groups excluding carboxylic acids is 1. The predicted octanol–water partition coefficient (Wildman–Crippen LogP) is 3.53. The summed E-state index contributed by atoms with van der Waals surface area (Å²) in [4.78, 5) is 11.6. The van der Waals surface area contributed by atoms with Crippen molar-refractivity contribution in [1.82, 2.24) is 0 Å².